The number of halogens is 3. The Bertz CT molecular complexity index is 1260. The highest BCUT2D eigenvalue weighted by Gasteiger charge is 2.19. The van der Waals surface area contributed by atoms with Gasteiger partial charge in [0.15, 0.2) is 17.2 Å². The molecule has 3 N–H and O–H groups in total. The second kappa shape index (κ2) is 8.44. The zero-order chi connectivity index (χ0) is 22.1. The molecule has 4 aromatic rings. The summed E-state index contributed by atoms with van der Waals surface area (Å²) in [5.41, 5.74) is 2.67. The van der Waals surface area contributed by atoms with Crippen molar-refractivity contribution in [2.45, 2.75) is 20.0 Å². The molecule has 0 saturated carbocycles. The topological polar surface area (TPSA) is 96.0 Å². The molecule has 0 aliphatic rings. The van der Waals surface area contributed by atoms with Crippen molar-refractivity contribution in [2.24, 2.45) is 0 Å². The Morgan fingerprint density at radius 1 is 1.19 bits per heavy atom. The third-order valence-corrected chi connectivity index (χ3v) is 4.75. The van der Waals surface area contributed by atoms with Crippen LogP contribution < -0.4 is 10.1 Å². The van der Waals surface area contributed by atoms with Gasteiger partial charge in [0.1, 0.15) is 11.6 Å². The molecule has 2 aromatic carbocycles. The summed E-state index contributed by atoms with van der Waals surface area (Å²) in [7, 11) is 0. The minimum atomic E-state index is -0.887. The third-order valence-electron chi connectivity index (χ3n) is 4.51. The van der Waals surface area contributed by atoms with E-state index in [-0.39, 0.29) is 24.0 Å². The second-order valence-electron chi connectivity index (χ2n) is 7.02. The fourth-order valence-electron chi connectivity index (χ4n) is 3.08. The lowest BCUT2D eigenvalue weighted by Gasteiger charge is -2.12. The van der Waals surface area contributed by atoms with Crippen LogP contribution in [0.3, 0.4) is 0 Å². The summed E-state index contributed by atoms with van der Waals surface area (Å²) < 4.78 is 32.6. The van der Waals surface area contributed by atoms with E-state index in [1.165, 1.54) is 0 Å². The van der Waals surface area contributed by atoms with Gasteiger partial charge in [-0.05, 0) is 43.7 Å². The monoisotopic (exact) mass is 445 g/mol. The van der Waals surface area contributed by atoms with Crippen LogP contribution in [0.4, 0.5) is 14.6 Å². The zero-order valence-corrected chi connectivity index (χ0v) is 17.3. The molecule has 2 aromatic heterocycles. The number of aliphatic hydroxyl groups is 1. The Kier molecular flexibility index (Phi) is 5.71. The molecule has 2 heterocycles. The number of hydrogen-bond acceptors (Lipinski definition) is 6. The Morgan fingerprint density at radius 2 is 2.00 bits per heavy atom. The highest BCUT2D eigenvalue weighted by molar-refractivity contribution is 6.30. The Labute approximate surface area is 181 Å². The Morgan fingerprint density at radius 3 is 2.71 bits per heavy atom. The van der Waals surface area contributed by atoms with Gasteiger partial charge in [-0.3, -0.25) is 5.10 Å². The average Bonchev–Trinajstić information content (AvgIpc) is 3.12. The number of rotatable bonds is 6. The number of fused-ring (bicyclic) bond motifs is 1. The average molecular weight is 446 g/mol. The lowest BCUT2D eigenvalue weighted by Crippen LogP contribution is -2.16. The summed E-state index contributed by atoms with van der Waals surface area (Å²) in [6, 6.07) is 8.17. The molecular formula is C21H18ClF2N5O2. The maximum atomic E-state index is 14.0. The lowest BCUT2D eigenvalue weighted by molar-refractivity contribution is 0.208. The van der Waals surface area contributed by atoms with Gasteiger partial charge in [0.05, 0.1) is 17.2 Å². The first-order valence-corrected chi connectivity index (χ1v) is 9.77. The molecule has 31 heavy (non-hydrogen) atoms. The van der Waals surface area contributed by atoms with Crippen LogP contribution in [0.5, 0.6) is 11.8 Å². The van der Waals surface area contributed by atoms with Gasteiger partial charge >= 0.3 is 6.01 Å². The quantitative estimate of drug-likeness (QED) is 0.393. The number of ether oxygens (including phenoxy) is 1. The summed E-state index contributed by atoms with van der Waals surface area (Å²) in [5.74, 6) is -1.51. The number of nitrogens with one attached hydrogen (secondary N) is 2. The lowest BCUT2D eigenvalue weighted by atomic mass is 10.0. The van der Waals surface area contributed by atoms with Crippen molar-refractivity contribution in [3.63, 3.8) is 0 Å². The number of aromatic amines is 1. The molecule has 0 radical (unpaired) electrons. The molecule has 0 unspecified atom stereocenters. The second-order valence-corrected chi connectivity index (χ2v) is 7.45. The van der Waals surface area contributed by atoms with Crippen molar-refractivity contribution >= 4 is 28.5 Å². The molecule has 4 rings (SSSR count). The van der Waals surface area contributed by atoms with Crippen molar-refractivity contribution in [3.05, 3.63) is 58.6 Å². The molecule has 0 spiro atoms. The summed E-state index contributed by atoms with van der Waals surface area (Å²) >= 11 is 6.07. The van der Waals surface area contributed by atoms with E-state index in [0.717, 1.165) is 23.3 Å². The smallest absolute Gasteiger partial charge is 0.326 e. The molecule has 1 atom stereocenters. The van der Waals surface area contributed by atoms with E-state index in [1.54, 1.807) is 13.0 Å². The number of anilines is 1. The molecule has 0 aliphatic carbocycles. The first kappa shape index (κ1) is 21.0. The zero-order valence-electron chi connectivity index (χ0n) is 16.6. The van der Waals surface area contributed by atoms with Crippen molar-refractivity contribution in [1.29, 1.82) is 0 Å². The molecule has 0 saturated heterocycles. The molecule has 0 fully saturated rings. The number of H-pyrrole nitrogens is 1. The molecule has 0 amide bonds. The van der Waals surface area contributed by atoms with Crippen LogP contribution in [-0.2, 0) is 0 Å². The van der Waals surface area contributed by atoms with Gasteiger partial charge in [0.2, 0.25) is 0 Å². The SMILES string of the molecule is Cc1cc(Cl)ccc1-c1[nH]nc2nc(Oc3ccc(F)cc3F)nc(NC[C@H](C)O)c12. The normalized spacial score (nSPS) is 12.2. The largest absolute Gasteiger partial charge is 0.421 e. The third kappa shape index (κ3) is 4.42. The van der Waals surface area contributed by atoms with E-state index in [0.29, 0.717) is 28.0 Å². The van der Waals surface area contributed by atoms with Crippen LogP contribution in [-0.4, -0.2) is 37.9 Å². The van der Waals surface area contributed by atoms with Crippen LogP contribution in [0.2, 0.25) is 5.02 Å². The molecule has 160 valence electrons. The van der Waals surface area contributed by atoms with E-state index in [9.17, 15) is 13.9 Å². The molecule has 10 heteroatoms. The highest BCUT2D eigenvalue weighted by atomic mass is 35.5. The van der Waals surface area contributed by atoms with E-state index in [2.05, 4.69) is 25.5 Å². The maximum Gasteiger partial charge on any atom is 0.326 e. The van der Waals surface area contributed by atoms with Gasteiger partial charge in [0, 0.05) is 23.2 Å². The standard InChI is InChI=1S/C21H18ClF2N5O2/c1-10-7-12(22)3-5-14(10)18-17-19(25-9-11(2)30)26-21(27-20(17)29-28-18)31-16-6-4-13(23)8-15(16)24/h3-8,11,30H,9H2,1-2H3,(H2,25,26,27,28,29)/t11-/m0/s1. The number of aliphatic hydroxyl groups excluding tert-OH is 1. The minimum Gasteiger partial charge on any atom is -0.421 e. The van der Waals surface area contributed by atoms with Crippen LogP contribution in [0.15, 0.2) is 36.4 Å². The first-order chi connectivity index (χ1) is 14.8. The van der Waals surface area contributed by atoms with Gasteiger partial charge in [-0.25, -0.2) is 8.78 Å². The van der Waals surface area contributed by atoms with Gasteiger partial charge in [-0.15, -0.1) is 0 Å². The van der Waals surface area contributed by atoms with Crippen LogP contribution in [0, 0.1) is 18.6 Å². The van der Waals surface area contributed by atoms with Crippen molar-refractivity contribution in [1.82, 2.24) is 20.2 Å². The molecule has 0 bridgehead atoms. The molecular weight excluding hydrogens is 428 g/mol. The van der Waals surface area contributed by atoms with Crippen LogP contribution in [0.25, 0.3) is 22.3 Å². The Balaban J connectivity index is 1.82. The number of benzene rings is 2. The van der Waals surface area contributed by atoms with Crippen molar-refractivity contribution in [3.8, 4) is 23.0 Å². The van der Waals surface area contributed by atoms with Crippen molar-refractivity contribution in [2.75, 3.05) is 11.9 Å². The highest BCUT2D eigenvalue weighted by Crippen LogP contribution is 2.35. The van der Waals surface area contributed by atoms with Gasteiger partial charge in [0.25, 0.3) is 0 Å². The number of nitrogens with zero attached hydrogens (tertiary/aromatic N) is 3. The summed E-state index contributed by atoms with van der Waals surface area (Å²) in [6.07, 6.45) is -0.656. The minimum absolute atomic E-state index is 0.183. The fraction of sp³-hybridized carbons (Fsp3) is 0.190. The van der Waals surface area contributed by atoms with E-state index >= 15 is 0 Å². The fourth-order valence-corrected chi connectivity index (χ4v) is 3.31. The first-order valence-electron chi connectivity index (χ1n) is 9.39. The Hall–Kier alpha value is -3.30. The summed E-state index contributed by atoms with van der Waals surface area (Å²) in [6.45, 7) is 3.73. The van der Waals surface area contributed by atoms with E-state index in [4.69, 9.17) is 16.3 Å². The van der Waals surface area contributed by atoms with E-state index < -0.39 is 17.7 Å². The predicted molar refractivity (Wildman–Crippen MR) is 113 cm³/mol. The van der Waals surface area contributed by atoms with E-state index in [1.807, 2.05) is 19.1 Å². The van der Waals surface area contributed by atoms with Gasteiger partial charge < -0.3 is 15.2 Å². The van der Waals surface area contributed by atoms with Crippen molar-refractivity contribution < 1.29 is 18.6 Å². The van der Waals surface area contributed by atoms with Crippen LogP contribution >= 0.6 is 11.6 Å². The van der Waals surface area contributed by atoms with Crippen LogP contribution in [0.1, 0.15) is 12.5 Å². The summed E-state index contributed by atoms with van der Waals surface area (Å²) in [4.78, 5) is 8.59. The number of aromatic nitrogens is 4. The number of aryl methyl sites for hydroxylation is 1. The molecule has 7 nitrogen and oxygen atoms in total. The predicted octanol–water partition coefficient (Wildman–Crippen LogP) is 4.84. The summed E-state index contributed by atoms with van der Waals surface area (Å²) in [5, 5.41) is 21.1. The number of hydrogen-bond donors (Lipinski definition) is 3. The van der Waals surface area contributed by atoms with Gasteiger partial charge in [-0.1, -0.05) is 17.7 Å². The maximum absolute atomic E-state index is 14.0. The molecule has 0 aliphatic heterocycles. The van der Waals surface area contributed by atoms with Gasteiger partial charge in [-0.2, -0.15) is 15.1 Å².